The van der Waals surface area contributed by atoms with Crippen molar-refractivity contribution < 1.29 is 14.3 Å². The van der Waals surface area contributed by atoms with E-state index in [0.29, 0.717) is 24.2 Å². The molecule has 0 aliphatic heterocycles. The van der Waals surface area contributed by atoms with Crippen LogP contribution >= 0.6 is 0 Å². The van der Waals surface area contributed by atoms with E-state index in [4.69, 9.17) is 4.74 Å². The van der Waals surface area contributed by atoms with Crippen LogP contribution in [-0.2, 0) is 14.3 Å². The first-order chi connectivity index (χ1) is 9.81. The number of carbonyl (C=O) groups is 2. The number of allylic oxidation sites excluding steroid dienone is 4. The third kappa shape index (κ3) is 4.83. The van der Waals surface area contributed by atoms with Crippen molar-refractivity contribution in [3.8, 4) is 0 Å². The zero-order valence-corrected chi connectivity index (χ0v) is 14.0. The van der Waals surface area contributed by atoms with Gasteiger partial charge in [0.2, 0.25) is 0 Å². The van der Waals surface area contributed by atoms with Crippen LogP contribution in [0.15, 0.2) is 23.0 Å². The lowest BCUT2D eigenvalue weighted by Crippen LogP contribution is -2.23. The molecule has 118 valence electrons. The Morgan fingerprint density at radius 3 is 2.43 bits per heavy atom. The Hall–Kier alpha value is -1.38. The molecule has 0 atom stereocenters. The van der Waals surface area contributed by atoms with Gasteiger partial charge in [0.25, 0.3) is 0 Å². The summed E-state index contributed by atoms with van der Waals surface area (Å²) in [5.41, 5.74) is 0.997. The third-order valence-corrected chi connectivity index (χ3v) is 3.56. The number of hydrogen-bond donors (Lipinski definition) is 0. The Balaban J connectivity index is 2.95. The van der Waals surface area contributed by atoms with Crippen LogP contribution in [0.5, 0.6) is 0 Å². The highest BCUT2D eigenvalue weighted by molar-refractivity contribution is 6.11. The summed E-state index contributed by atoms with van der Waals surface area (Å²) in [4.78, 5) is 24.5. The SMILES string of the molecule is CCCC/C(OC(=O)C(C)(C)C)=C1/CC=C(CCC)C1=O. The van der Waals surface area contributed by atoms with Gasteiger partial charge in [-0.3, -0.25) is 9.59 Å². The molecule has 3 nitrogen and oxygen atoms in total. The van der Waals surface area contributed by atoms with Gasteiger partial charge < -0.3 is 4.74 Å². The summed E-state index contributed by atoms with van der Waals surface area (Å²) in [6, 6.07) is 0. The molecule has 0 radical (unpaired) electrons. The van der Waals surface area contributed by atoms with Gasteiger partial charge in [0.15, 0.2) is 5.78 Å². The minimum atomic E-state index is -0.556. The lowest BCUT2D eigenvalue weighted by atomic mass is 9.97. The molecule has 21 heavy (non-hydrogen) atoms. The number of unbranched alkanes of at least 4 members (excludes halogenated alkanes) is 1. The van der Waals surface area contributed by atoms with Gasteiger partial charge >= 0.3 is 5.97 Å². The Morgan fingerprint density at radius 1 is 1.24 bits per heavy atom. The lowest BCUT2D eigenvalue weighted by Gasteiger charge is -2.19. The molecule has 0 saturated carbocycles. The monoisotopic (exact) mass is 292 g/mol. The molecule has 0 amide bonds. The van der Waals surface area contributed by atoms with Crippen LogP contribution < -0.4 is 0 Å². The summed E-state index contributed by atoms with van der Waals surface area (Å²) < 4.78 is 5.58. The maximum atomic E-state index is 12.4. The molecule has 0 unspecified atom stereocenters. The Kier molecular flexibility index (Phi) is 6.38. The second-order valence-corrected chi connectivity index (χ2v) is 6.66. The molecule has 0 aromatic heterocycles. The standard InChI is InChI=1S/C18H28O3/c1-6-8-10-15(21-17(20)18(3,4)5)14-12-11-13(9-7-2)16(14)19/h11H,6-10,12H2,1-5H3/b15-14+. The second-order valence-electron chi connectivity index (χ2n) is 6.66. The van der Waals surface area contributed by atoms with Gasteiger partial charge in [-0.1, -0.05) is 32.8 Å². The number of Topliss-reactive ketones (excluding diaryl/α,β-unsaturated/α-hetero) is 1. The average Bonchev–Trinajstić information content (AvgIpc) is 2.75. The molecule has 0 N–H and O–H groups in total. The third-order valence-electron chi connectivity index (χ3n) is 3.56. The van der Waals surface area contributed by atoms with Crippen LogP contribution in [-0.4, -0.2) is 11.8 Å². The predicted molar refractivity (Wildman–Crippen MR) is 84.7 cm³/mol. The number of carbonyl (C=O) groups excluding carboxylic acids is 2. The molecule has 0 saturated heterocycles. The molecule has 1 rings (SSSR count). The van der Waals surface area contributed by atoms with Crippen LogP contribution in [0.3, 0.4) is 0 Å². The number of ketones is 1. The summed E-state index contributed by atoms with van der Waals surface area (Å²) in [5.74, 6) is 0.395. The first-order valence-electron chi connectivity index (χ1n) is 7.99. The molecule has 0 spiro atoms. The van der Waals surface area contributed by atoms with Crippen molar-refractivity contribution in [2.45, 2.75) is 73.1 Å². The van der Waals surface area contributed by atoms with Gasteiger partial charge in [0, 0.05) is 12.0 Å². The topological polar surface area (TPSA) is 43.4 Å². The minimum absolute atomic E-state index is 0.0738. The Labute approximate surface area is 128 Å². The fourth-order valence-corrected chi connectivity index (χ4v) is 2.20. The van der Waals surface area contributed by atoms with E-state index < -0.39 is 5.41 Å². The molecular formula is C18H28O3. The van der Waals surface area contributed by atoms with Crippen molar-refractivity contribution in [2.24, 2.45) is 5.41 Å². The van der Waals surface area contributed by atoms with E-state index in [1.807, 2.05) is 26.8 Å². The molecule has 1 aliphatic carbocycles. The van der Waals surface area contributed by atoms with E-state index >= 15 is 0 Å². The summed E-state index contributed by atoms with van der Waals surface area (Å²) >= 11 is 0. The summed E-state index contributed by atoms with van der Waals surface area (Å²) in [6.45, 7) is 9.64. The molecule has 0 bridgehead atoms. The first kappa shape index (κ1) is 17.7. The zero-order chi connectivity index (χ0) is 16.0. The number of hydrogen-bond acceptors (Lipinski definition) is 3. The second kappa shape index (κ2) is 7.58. The van der Waals surface area contributed by atoms with Gasteiger partial charge in [-0.05, 0) is 45.6 Å². The fraction of sp³-hybridized carbons (Fsp3) is 0.667. The van der Waals surface area contributed by atoms with Crippen molar-refractivity contribution in [1.82, 2.24) is 0 Å². The summed E-state index contributed by atoms with van der Waals surface area (Å²) in [5, 5.41) is 0. The van der Waals surface area contributed by atoms with Gasteiger partial charge in [0.1, 0.15) is 5.76 Å². The van der Waals surface area contributed by atoms with E-state index in [1.54, 1.807) is 0 Å². The van der Waals surface area contributed by atoms with Crippen molar-refractivity contribution in [3.63, 3.8) is 0 Å². The normalized spacial score (nSPS) is 17.8. The van der Waals surface area contributed by atoms with Crippen molar-refractivity contribution in [2.75, 3.05) is 0 Å². The van der Waals surface area contributed by atoms with Crippen LogP contribution in [0, 0.1) is 5.41 Å². The van der Waals surface area contributed by atoms with Gasteiger partial charge in [-0.25, -0.2) is 0 Å². The molecule has 0 aromatic rings. The van der Waals surface area contributed by atoms with Gasteiger partial charge in [0.05, 0.1) is 5.41 Å². The largest absolute Gasteiger partial charge is 0.430 e. The molecule has 0 heterocycles. The van der Waals surface area contributed by atoms with E-state index in [-0.39, 0.29) is 11.8 Å². The smallest absolute Gasteiger partial charge is 0.316 e. The van der Waals surface area contributed by atoms with Crippen LogP contribution in [0.25, 0.3) is 0 Å². The predicted octanol–water partition coefficient (Wildman–Crippen LogP) is 4.72. The van der Waals surface area contributed by atoms with E-state index in [1.165, 1.54) is 0 Å². The number of rotatable bonds is 6. The maximum absolute atomic E-state index is 12.4. The van der Waals surface area contributed by atoms with E-state index in [9.17, 15) is 9.59 Å². The highest BCUT2D eigenvalue weighted by atomic mass is 16.5. The zero-order valence-electron chi connectivity index (χ0n) is 14.0. The summed E-state index contributed by atoms with van der Waals surface area (Å²) in [7, 11) is 0. The number of esters is 1. The van der Waals surface area contributed by atoms with Crippen molar-refractivity contribution >= 4 is 11.8 Å². The van der Waals surface area contributed by atoms with Crippen molar-refractivity contribution in [1.29, 1.82) is 0 Å². The molecule has 0 fully saturated rings. The van der Waals surface area contributed by atoms with Crippen molar-refractivity contribution in [3.05, 3.63) is 23.0 Å². The van der Waals surface area contributed by atoms with Crippen LogP contribution in [0.2, 0.25) is 0 Å². The van der Waals surface area contributed by atoms with Crippen LogP contribution in [0.4, 0.5) is 0 Å². The minimum Gasteiger partial charge on any atom is -0.430 e. The summed E-state index contributed by atoms with van der Waals surface area (Å²) in [6.07, 6.45) is 6.93. The number of ether oxygens (including phenoxy) is 1. The highest BCUT2D eigenvalue weighted by Crippen LogP contribution is 2.30. The molecule has 1 aliphatic rings. The van der Waals surface area contributed by atoms with Gasteiger partial charge in [-0.2, -0.15) is 0 Å². The quantitative estimate of drug-likeness (QED) is 0.404. The highest BCUT2D eigenvalue weighted by Gasteiger charge is 2.29. The molecule has 3 heteroatoms. The lowest BCUT2D eigenvalue weighted by molar-refractivity contribution is -0.148. The molecule has 0 aromatic carbocycles. The van der Waals surface area contributed by atoms with Crippen LogP contribution in [0.1, 0.15) is 73.1 Å². The van der Waals surface area contributed by atoms with E-state index in [2.05, 4.69) is 13.8 Å². The Morgan fingerprint density at radius 2 is 1.90 bits per heavy atom. The first-order valence-corrected chi connectivity index (χ1v) is 7.99. The fourth-order valence-electron chi connectivity index (χ4n) is 2.20. The Bertz CT molecular complexity index is 461. The molecular weight excluding hydrogens is 264 g/mol. The van der Waals surface area contributed by atoms with E-state index in [0.717, 1.165) is 31.3 Å². The maximum Gasteiger partial charge on any atom is 0.316 e. The average molecular weight is 292 g/mol. The van der Waals surface area contributed by atoms with Gasteiger partial charge in [-0.15, -0.1) is 0 Å².